The van der Waals surface area contributed by atoms with Gasteiger partial charge in [-0.2, -0.15) is 0 Å². The van der Waals surface area contributed by atoms with Crippen molar-refractivity contribution in [2.45, 2.75) is 0 Å². The molecule has 0 fully saturated rings. The summed E-state index contributed by atoms with van der Waals surface area (Å²) < 4.78 is 14.1. The normalized spacial score (nSPS) is 10.9. The molecule has 0 unspecified atom stereocenters. The van der Waals surface area contributed by atoms with Crippen LogP contribution in [0.2, 0.25) is 0 Å². The second-order valence-corrected chi connectivity index (χ2v) is 4.93. The summed E-state index contributed by atoms with van der Waals surface area (Å²) in [5.74, 6) is -0.161. The number of nitrogens with two attached hydrogens (primary N) is 1. The van der Waals surface area contributed by atoms with Crippen molar-refractivity contribution in [1.29, 1.82) is 0 Å². The number of halogens is 1. The molecule has 0 radical (unpaired) electrons. The number of nitrogen functional groups attached to an aromatic ring is 1. The molecule has 1 heterocycles. The second-order valence-electron chi connectivity index (χ2n) is 3.90. The number of rotatable bonds is 1. The smallest absolute Gasteiger partial charge is 0.126 e. The van der Waals surface area contributed by atoms with Gasteiger partial charge in [-0.1, -0.05) is 0 Å². The minimum Gasteiger partial charge on any atom is -0.508 e. The van der Waals surface area contributed by atoms with Gasteiger partial charge in [-0.3, -0.25) is 0 Å². The van der Waals surface area contributed by atoms with Crippen molar-refractivity contribution < 1.29 is 9.50 Å². The van der Waals surface area contributed by atoms with Gasteiger partial charge in [0.2, 0.25) is 0 Å². The van der Waals surface area contributed by atoms with Crippen LogP contribution in [0.5, 0.6) is 5.75 Å². The molecule has 18 heavy (non-hydrogen) atoms. The Hall–Kier alpha value is -2.14. The molecule has 3 rings (SSSR count). The second kappa shape index (κ2) is 3.96. The van der Waals surface area contributed by atoms with Crippen molar-refractivity contribution in [3.05, 3.63) is 42.2 Å². The lowest BCUT2D eigenvalue weighted by Gasteiger charge is -2.01. The topological polar surface area (TPSA) is 59.1 Å². The van der Waals surface area contributed by atoms with E-state index in [1.54, 1.807) is 18.2 Å². The van der Waals surface area contributed by atoms with Crippen LogP contribution in [0.15, 0.2) is 36.4 Å². The third kappa shape index (κ3) is 1.78. The highest BCUT2D eigenvalue weighted by molar-refractivity contribution is 7.21. The molecule has 0 aliphatic rings. The van der Waals surface area contributed by atoms with Gasteiger partial charge in [0, 0.05) is 11.3 Å². The van der Waals surface area contributed by atoms with E-state index >= 15 is 0 Å². The van der Waals surface area contributed by atoms with Gasteiger partial charge in [0.15, 0.2) is 0 Å². The Morgan fingerprint density at radius 2 is 2.00 bits per heavy atom. The van der Waals surface area contributed by atoms with E-state index in [2.05, 4.69) is 4.98 Å². The molecule has 0 spiro atoms. The van der Waals surface area contributed by atoms with Crippen LogP contribution < -0.4 is 5.73 Å². The molecule has 0 bridgehead atoms. The number of nitrogens with zero attached hydrogens (tertiary/aromatic N) is 1. The Morgan fingerprint density at radius 3 is 2.83 bits per heavy atom. The first kappa shape index (κ1) is 11.0. The van der Waals surface area contributed by atoms with Gasteiger partial charge >= 0.3 is 0 Å². The molecule has 90 valence electrons. The number of aromatic nitrogens is 1. The molecule has 2 aromatic carbocycles. The summed E-state index contributed by atoms with van der Waals surface area (Å²) in [7, 11) is 0. The van der Waals surface area contributed by atoms with Crippen LogP contribution in [0.4, 0.5) is 10.1 Å². The SMILES string of the molecule is Nc1ccc(F)cc1-c1nc2ccc(O)cc2s1. The fourth-order valence-corrected chi connectivity index (χ4v) is 2.78. The van der Waals surface area contributed by atoms with Crippen LogP contribution in [-0.4, -0.2) is 10.1 Å². The molecular formula is C13H9FN2OS. The largest absolute Gasteiger partial charge is 0.508 e. The van der Waals surface area contributed by atoms with Crippen LogP contribution in [0.3, 0.4) is 0 Å². The lowest BCUT2D eigenvalue weighted by molar-refractivity contribution is 0.476. The first-order chi connectivity index (χ1) is 8.63. The average Bonchev–Trinajstić information content (AvgIpc) is 2.74. The monoisotopic (exact) mass is 260 g/mol. The Balaban J connectivity index is 2.22. The summed E-state index contributed by atoms with van der Waals surface area (Å²) in [6.45, 7) is 0. The van der Waals surface area contributed by atoms with Crippen molar-refractivity contribution in [2.24, 2.45) is 0 Å². The lowest BCUT2D eigenvalue weighted by atomic mass is 10.2. The van der Waals surface area contributed by atoms with Crippen LogP contribution >= 0.6 is 11.3 Å². The number of hydrogen-bond acceptors (Lipinski definition) is 4. The van der Waals surface area contributed by atoms with E-state index in [0.29, 0.717) is 16.3 Å². The summed E-state index contributed by atoms with van der Waals surface area (Å²) in [6.07, 6.45) is 0. The quantitative estimate of drug-likeness (QED) is 0.659. The Labute approximate surface area is 106 Å². The van der Waals surface area contributed by atoms with Gasteiger partial charge in [-0.15, -0.1) is 11.3 Å². The fourth-order valence-electron chi connectivity index (χ4n) is 1.74. The zero-order chi connectivity index (χ0) is 12.7. The maximum absolute atomic E-state index is 13.2. The molecule has 0 atom stereocenters. The van der Waals surface area contributed by atoms with Gasteiger partial charge in [-0.05, 0) is 36.4 Å². The average molecular weight is 260 g/mol. The molecule has 0 amide bonds. The summed E-state index contributed by atoms with van der Waals surface area (Å²) >= 11 is 1.37. The number of phenolic OH excluding ortho intramolecular Hbond substituents is 1. The molecule has 0 saturated heterocycles. The van der Waals surface area contributed by atoms with E-state index in [1.165, 1.54) is 29.5 Å². The van der Waals surface area contributed by atoms with Crippen LogP contribution in [0.1, 0.15) is 0 Å². The lowest BCUT2D eigenvalue weighted by Crippen LogP contribution is -1.90. The summed E-state index contributed by atoms with van der Waals surface area (Å²) in [6, 6.07) is 9.13. The Bertz CT molecular complexity index is 739. The molecule has 3 nitrogen and oxygen atoms in total. The number of fused-ring (bicyclic) bond motifs is 1. The Kier molecular flexibility index (Phi) is 2.41. The van der Waals surface area contributed by atoms with E-state index in [9.17, 15) is 9.50 Å². The van der Waals surface area contributed by atoms with Crippen molar-refractivity contribution >= 4 is 27.2 Å². The van der Waals surface area contributed by atoms with E-state index in [0.717, 1.165) is 10.2 Å². The van der Waals surface area contributed by atoms with Gasteiger partial charge in [-0.25, -0.2) is 9.37 Å². The summed E-state index contributed by atoms with van der Waals surface area (Å²) in [4.78, 5) is 4.39. The van der Waals surface area contributed by atoms with E-state index in [-0.39, 0.29) is 11.6 Å². The zero-order valence-electron chi connectivity index (χ0n) is 9.22. The third-order valence-electron chi connectivity index (χ3n) is 2.62. The molecular weight excluding hydrogens is 251 g/mol. The van der Waals surface area contributed by atoms with Gasteiger partial charge in [0.1, 0.15) is 16.6 Å². The maximum atomic E-state index is 13.2. The number of anilines is 1. The number of aromatic hydroxyl groups is 1. The number of thiazole rings is 1. The molecule has 3 aromatic rings. The minimum atomic E-state index is -0.346. The van der Waals surface area contributed by atoms with Crippen molar-refractivity contribution in [2.75, 3.05) is 5.73 Å². The molecule has 5 heteroatoms. The standard InChI is InChI=1S/C13H9FN2OS/c14-7-1-3-10(15)9(5-7)13-16-11-4-2-8(17)6-12(11)18-13/h1-6,17H,15H2. The van der Waals surface area contributed by atoms with E-state index in [4.69, 9.17) is 5.73 Å². The Morgan fingerprint density at radius 1 is 1.17 bits per heavy atom. The maximum Gasteiger partial charge on any atom is 0.126 e. The predicted octanol–water partition coefficient (Wildman–Crippen LogP) is 3.39. The highest BCUT2D eigenvalue weighted by Crippen LogP contribution is 2.34. The predicted molar refractivity (Wildman–Crippen MR) is 71.1 cm³/mol. The van der Waals surface area contributed by atoms with E-state index < -0.39 is 0 Å². The molecule has 3 N–H and O–H groups in total. The van der Waals surface area contributed by atoms with Crippen LogP contribution in [0, 0.1) is 5.82 Å². The number of benzene rings is 2. The van der Waals surface area contributed by atoms with Crippen LogP contribution in [0.25, 0.3) is 20.8 Å². The van der Waals surface area contributed by atoms with Crippen LogP contribution in [-0.2, 0) is 0 Å². The highest BCUT2D eigenvalue weighted by atomic mass is 32.1. The van der Waals surface area contributed by atoms with Crippen molar-refractivity contribution in [3.63, 3.8) is 0 Å². The molecule has 0 aliphatic heterocycles. The number of hydrogen-bond donors (Lipinski definition) is 2. The van der Waals surface area contributed by atoms with Gasteiger partial charge in [0.05, 0.1) is 10.2 Å². The third-order valence-corrected chi connectivity index (χ3v) is 3.67. The van der Waals surface area contributed by atoms with Crippen molar-refractivity contribution in [1.82, 2.24) is 4.98 Å². The minimum absolute atomic E-state index is 0.185. The van der Waals surface area contributed by atoms with Gasteiger partial charge in [0.25, 0.3) is 0 Å². The molecule has 0 saturated carbocycles. The summed E-state index contributed by atoms with van der Waals surface area (Å²) in [5, 5.41) is 10.0. The summed E-state index contributed by atoms with van der Waals surface area (Å²) in [5.41, 5.74) is 7.65. The number of phenols is 1. The molecule has 0 aliphatic carbocycles. The highest BCUT2D eigenvalue weighted by Gasteiger charge is 2.10. The molecule has 1 aromatic heterocycles. The first-order valence-corrected chi connectivity index (χ1v) is 6.10. The zero-order valence-corrected chi connectivity index (χ0v) is 10.0. The van der Waals surface area contributed by atoms with E-state index in [1.807, 2.05) is 0 Å². The van der Waals surface area contributed by atoms with Gasteiger partial charge < -0.3 is 10.8 Å². The fraction of sp³-hybridized carbons (Fsp3) is 0. The first-order valence-electron chi connectivity index (χ1n) is 5.28. The van der Waals surface area contributed by atoms with Crippen molar-refractivity contribution in [3.8, 4) is 16.3 Å².